The van der Waals surface area contributed by atoms with E-state index in [1.165, 1.54) is 5.56 Å². The molecule has 4 heteroatoms. The first kappa shape index (κ1) is 14.7. The third kappa shape index (κ3) is 2.22. The molecule has 3 aromatic rings. The molecule has 0 radical (unpaired) electrons. The average molecular weight is 318 g/mol. The van der Waals surface area contributed by atoms with Crippen LogP contribution in [0.25, 0.3) is 10.9 Å². The molecular weight excluding hydrogens is 300 g/mol. The summed E-state index contributed by atoms with van der Waals surface area (Å²) in [5, 5.41) is 11.4. The topological polar surface area (TPSA) is 53.4 Å². The van der Waals surface area contributed by atoms with Crippen molar-refractivity contribution in [1.29, 1.82) is 0 Å². The van der Waals surface area contributed by atoms with Crippen molar-refractivity contribution >= 4 is 22.5 Å². The summed E-state index contributed by atoms with van der Waals surface area (Å²) in [6.45, 7) is 2.83. The number of aromatic nitrogens is 1. The molecule has 120 valence electrons. The fourth-order valence-electron chi connectivity index (χ4n) is 3.41. The number of carbonyl (C=O) groups excluding carboxylic acids is 1. The van der Waals surface area contributed by atoms with Crippen molar-refractivity contribution in [3.8, 4) is 5.75 Å². The molecular formula is C20H18N2O2. The van der Waals surface area contributed by atoms with Crippen molar-refractivity contribution in [2.75, 3.05) is 11.4 Å². The van der Waals surface area contributed by atoms with Gasteiger partial charge in [0.15, 0.2) is 5.75 Å². The first-order valence-corrected chi connectivity index (χ1v) is 8.14. The van der Waals surface area contributed by atoms with Crippen LogP contribution in [0.5, 0.6) is 5.75 Å². The molecule has 1 unspecified atom stereocenters. The van der Waals surface area contributed by atoms with Crippen LogP contribution in [0.4, 0.5) is 5.69 Å². The molecule has 1 amide bonds. The van der Waals surface area contributed by atoms with Crippen LogP contribution in [0.2, 0.25) is 0 Å². The van der Waals surface area contributed by atoms with E-state index in [1.807, 2.05) is 36.4 Å². The van der Waals surface area contributed by atoms with Crippen LogP contribution in [0, 0.1) is 0 Å². The number of nitrogens with zero attached hydrogens (tertiary/aromatic N) is 2. The number of anilines is 1. The van der Waals surface area contributed by atoms with Crippen molar-refractivity contribution < 1.29 is 9.90 Å². The number of phenols is 1. The Kier molecular flexibility index (Phi) is 3.45. The van der Waals surface area contributed by atoms with Crippen LogP contribution < -0.4 is 4.90 Å². The second kappa shape index (κ2) is 5.64. The number of rotatable bonds is 1. The number of benzene rings is 2. The van der Waals surface area contributed by atoms with Gasteiger partial charge in [0.05, 0.1) is 5.56 Å². The predicted octanol–water partition coefficient (Wildman–Crippen LogP) is 4.09. The first-order valence-electron chi connectivity index (χ1n) is 8.14. The zero-order valence-corrected chi connectivity index (χ0v) is 13.4. The Morgan fingerprint density at radius 2 is 2.00 bits per heavy atom. The van der Waals surface area contributed by atoms with Gasteiger partial charge in [0.2, 0.25) is 0 Å². The highest BCUT2D eigenvalue weighted by Crippen LogP contribution is 2.37. The van der Waals surface area contributed by atoms with Crippen molar-refractivity contribution in [3.63, 3.8) is 0 Å². The highest BCUT2D eigenvalue weighted by molar-refractivity contribution is 6.11. The van der Waals surface area contributed by atoms with Crippen LogP contribution in [-0.4, -0.2) is 22.5 Å². The van der Waals surface area contributed by atoms with Gasteiger partial charge in [-0.05, 0) is 36.1 Å². The number of hydrogen-bond acceptors (Lipinski definition) is 3. The minimum Gasteiger partial charge on any atom is -0.505 e. The Balaban J connectivity index is 1.80. The van der Waals surface area contributed by atoms with Crippen LogP contribution in [0.1, 0.15) is 35.2 Å². The minimum atomic E-state index is -0.181. The molecule has 0 saturated carbocycles. The molecule has 2 heterocycles. The monoisotopic (exact) mass is 318 g/mol. The molecule has 1 aliphatic rings. The molecule has 0 spiro atoms. The van der Waals surface area contributed by atoms with E-state index in [4.69, 9.17) is 0 Å². The first-order chi connectivity index (χ1) is 11.7. The lowest BCUT2D eigenvalue weighted by atomic mass is 9.91. The maximum Gasteiger partial charge on any atom is 0.262 e. The van der Waals surface area contributed by atoms with E-state index in [-0.39, 0.29) is 11.7 Å². The van der Waals surface area contributed by atoms with Gasteiger partial charge in [-0.2, -0.15) is 0 Å². The predicted molar refractivity (Wildman–Crippen MR) is 94.6 cm³/mol. The maximum absolute atomic E-state index is 13.1. The summed E-state index contributed by atoms with van der Waals surface area (Å²) in [6.07, 6.45) is 2.53. The average Bonchev–Trinajstić information content (AvgIpc) is 2.62. The number of phenolic OH excluding ortho intramolecular Hbond substituents is 1. The molecule has 1 aliphatic heterocycles. The summed E-state index contributed by atoms with van der Waals surface area (Å²) in [6, 6.07) is 15.2. The molecule has 0 aliphatic carbocycles. The molecule has 0 bridgehead atoms. The second-order valence-electron chi connectivity index (χ2n) is 6.24. The van der Waals surface area contributed by atoms with Crippen molar-refractivity contribution in [2.24, 2.45) is 0 Å². The smallest absolute Gasteiger partial charge is 0.262 e. The summed E-state index contributed by atoms with van der Waals surface area (Å²) in [7, 11) is 0. The van der Waals surface area contributed by atoms with Crippen molar-refractivity contribution in [1.82, 2.24) is 4.98 Å². The SMILES string of the molecule is CC1CCN(C(=O)c2ccc3cccnc3c2O)c2ccccc21. The van der Waals surface area contributed by atoms with Gasteiger partial charge in [0.25, 0.3) is 5.91 Å². The van der Waals surface area contributed by atoms with E-state index in [1.54, 1.807) is 17.2 Å². The van der Waals surface area contributed by atoms with E-state index in [0.29, 0.717) is 23.5 Å². The molecule has 0 saturated heterocycles. The van der Waals surface area contributed by atoms with Gasteiger partial charge in [-0.25, -0.2) is 0 Å². The van der Waals surface area contributed by atoms with Crippen LogP contribution in [0.3, 0.4) is 0 Å². The minimum absolute atomic E-state index is 0.0470. The van der Waals surface area contributed by atoms with Gasteiger partial charge < -0.3 is 10.0 Å². The Labute approximate surface area is 140 Å². The molecule has 1 atom stereocenters. The summed E-state index contributed by atoms with van der Waals surface area (Å²) >= 11 is 0. The Bertz CT molecular complexity index is 936. The largest absolute Gasteiger partial charge is 0.505 e. The van der Waals surface area contributed by atoms with E-state index in [9.17, 15) is 9.90 Å². The third-order valence-electron chi connectivity index (χ3n) is 4.77. The van der Waals surface area contributed by atoms with E-state index < -0.39 is 0 Å². The molecule has 4 rings (SSSR count). The number of para-hydroxylation sites is 1. The van der Waals surface area contributed by atoms with Gasteiger partial charge >= 0.3 is 0 Å². The standard InChI is InChI=1S/C20H18N2O2/c1-13-10-12-22(17-7-3-2-6-15(13)17)20(24)16-9-8-14-5-4-11-21-18(14)19(16)23/h2-9,11,13,23H,10,12H2,1H3. The zero-order chi connectivity index (χ0) is 16.7. The summed E-state index contributed by atoms with van der Waals surface area (Å²) in [5.41, 5.74) is 2.87. The third-order valence-corrected chi connectivity index (χ3v) is 4.77. The summed E-state index contributed by atoms with van der Waals surface area (Å²) in [5.74, 6) is 0.200. The normalized spacial score (nSPS) is 16.9. The summed E-state index contributed by atoms with van der Waals surface area (Å²) in [4.78, 5) is 19.0. The molecule has 4 nitrogen and oxygen atoms in total. The number of fused-ring (bicyclic) bond motifs is 2. The number of pyridine rings is 1. The Morgan fingerprint density at radius 1 is 1.17 bits per heavy atom. The van der Waals surface area contributed by atoms with Gasteiger partial charge in [0.1, 0.15) is 5.52 Å². The fourth-order valence-corrected chi connectivity index (χ4v) is 3.41. The number of amides is 1. The molecule has 0 fully saturated rings. The van der Waals surface area contributed by atoms with E-state index in [0.717, 1.165) is 17.5 Å². The Hall–Kier alpha value is -2.88. The number of hydrogen-bond donors (Lipinski definition) is 1. The quantitative estimate of drug-likeness (QED) is 0.735. The van der Waals surface area contributed by atoms with Crippen molar-refractivity contribution in [3.05, 3.63) is 65.9 Å². The fraction of sp³-hybridized carbons (Fsp3) is 0.200. The molecule has 1 N–H and O–H groups in total. The van der Waals surface area contributed by atoms with Crippen LogP contribution in [-0.2, 0) is 0 Å². The van der Waals surface area contributed by atoms with Gasteiger partial charge in [-0.15, -0.1) is 0 Å². The van der Waals surface area contributed by atoms with Gasteiger partial charge in [-0.1, -0.05) is 37.3 Å². The molecule has 1 aromatic heterocycles. The second-order valence-corrected chi connectivity index (χ2v) is 6.24. The Morgan fingerprint density at radius 3 is 2.88 bits per heavy atom. The molecule has 2 aromatic carbocycles. The highest BCUT2D eigenvalue weighted by atomic mass is 16.3. The van der Waals surface area contributed by atoms with E-state index in [2.05, 4.69) is 18.0 Å². The highest BCUT2D eigenvalue weighted by Gasteiger charge is 2.28. The number of aromatic hydroxyl groups is 1. The lowest BCUT2D eigenvalue weighted by Gasteiger charge is -2.33. The zero-order valence-electron chi connectivity index (χ0n) is 13.4. The van der Waals surface area contributed by atoms with Crippen LogP contribution >= 0.6 is 0 Å². The van der Waals surface area contributed by atoms with Gasteiger partial charge in [-0.3, -0.25) is 9.78 Å². The summed E-state index contributed by atoms with van der Waals surface area (Å²) < 4.78 is 0. The lowest BCUT2D eigenvalue weighted by molar-refractivity contribution is 0.0982. The number of carbonyl (C=O) groups is 1. The maximum atomic E-state index is 13.1. The van der Waals surface area contributed by atoms with Gasteiger partial charge in [0, 0.05) is 23.8 Å². The molecule has 24 heavy (non-hydrogen) atoms. The van der Waals surface area contributed by atoms with E-state index >= 15 is 0 Å². The van der Waals surface area contributed by atoms with Crippen LogP contribution in [0.15, 0.2) is 54.7 Å². The van der Waals surface area contributed by atoms with Crippen molar-refractivity contribution in [2.45, 2.75) is 19.3 Å². The lowest BCUT2D eigenvalue weighted by Crippen LogP contribution is -2.36.